The normalized spacial score (nSPS) is 9.44. The second kappa shape index (κ2) is 5.24. The molecule has 0 atom stereocenters. The molecule has 84 valence electrons. The largest absolute Gasteiger partial charge is 0.457 e. The van der Waals surface area contributed by atoms with E-state index >= 15 is 0 Å². The third kappa shape index (κ3) is 2.55. The molecular weight excluding hydrogens is 204 g/mol. The molecule has 1 rings (SSSR count). The van der Waals surface area contributed by atoms with E-state index in [0.717, 1.165) is 11.1 Å². The van der Waals surface area contributed by atoms with Gasteiger partial charge in [-0.25, -0.2) is 4.79 Å². The van der Waals surface area contributed by atoms with Crippen LogP contribution in [0.1, 0.15) is 23.6 Å². The van der Waals surface area contributed by atoms with Crippen LogP contribution in [-0.4, -0.2) is 23.1 Å². The van der Waals surface area contributed by atoms with E-state index < -0.39 is 5.97 Å². The molecule has 0 saturated heterocycles. The number of hydrogen-bond donors (Lipinski definition) is 0. The Hall–Kier alpha value is -1.93. The smallest absolute Gasteiger partial charge is 0.422 e. The second-order valence-corrected chi connectivity index (χ2v) is 3.49. The van der Waals surface area contributed by atoms with E-state index in [4.69, 9.17) is 10.3 Å². The molecule has 1 aromatic carbocycles. The number of ether oxygens (including phenoxy) is 1. The van der Waals surface area contributed by atoms with E-state index in [1.54, 1.807) is 13.0 Å². The first-order chi connectivity index (χ1) is 7.60. The van der Waals surface area contributed by atoms with E-state index in [-0.39, 0.29) is 12.3 Å². The maximum absolute atomic E-state index is 11.5. The molecule has 1 aromatic rings. The van der Waals surface area contributed by atoms with E-state index in [1.165, 1.54) is 0 Å². The number of esters is 1. The highest BCUT2D eigenvalue weighted by atomic mass is 16.5. The zero-order chi connectivity index (χ0) is 12.1. The Balaban J connectivity index is 3.15. The molecule has 0 unspecified atom stereocenters. The van der Waals surface area contributed by atoms with Crippen molar-refractivity contribution < 1.29 is 14.3 Å². The highest BCUT2D eigenvalue weighted by Gasteiger charge is 2.25. The standard InChI is InChI=1S/C12H14N2O2/c1-4-16-12(15)11(14-13)10-6-5-8(2)7-9(10)3/h5-7H,4H2,1-3H3. The van der Waals surface area contributed by atoms with E-state index in [9.17, 15) is 4.79 Å². The van der Waals surface area contributed by atoms with Crippen molar-refractivity contribution in [3.05, 3.63) is 40.4 Å². The molecule has 0 aliphatic rings. The first-order valence-corrected chi connectivity index (χ1v) is 5.07. The molecule has 16 heavy (non-hydrogen) atoms. The zero-order valence-electron chi connectivity index (χ0n) is 9.65. The monoisotopic (exact) mass is 218 g/mol. The number of rotatable bonds is 3. The molecular formula is C12H14N2O2. The van der Waals surface area contributed by atoms with Crippen LogP contribution in [-0.2, 0) is 9.53 Å². The van der Waals surface area contributed by atoms with Crippen molar-refractivity contribution in [1.82, 2.24) is 0 Å². The van der Waals surface area contributed by atoms with E-state index in [0.29, 0.717) is 5.56 Å². The van der Waals surface area contributed by atoms with Gasteiger partial charge in [0.1, 0.15) is 0 Å². The number of carbonyl (C=O) groups excluding carboxylic acids is 1. The van der Waals surface area contributed by atoms with Crippen molar-refractivity contribution in [2.75, 3.05) is 6.61 Å². The lowest BCUT2D eigenvalue weighted by Crippen LogP contribution is -2.20. The number of hydrogen-bond acceptors (Lipinski definition) is 2. The van der Waals surface area contributed by atoms with Crippen LogP contribution in [0, 0.1) is 13.8 Å². The first kappa shape index (κ1) is 12.1. The molecule has 4 nitrogen and oxygen atoms in total. The van der Waals surface area contributed by atoms with E-state index in [1.807, 2.05) is 26.0 Å². The molecule has 0 heterocycles. The Morgan fingerprint density at radius 3 is 2.62 bits per heavy atom. The minimum absolute atomic E-state index is 0.0562. The summed E-state index contributed by atoms with van der Waals surface area (Å²) in [6.07, 6.45) is 0. The summed E-state index contributed by atoms with van der Waals surface area (Å²) in [7, 11) is 0. The van der Waals surface area contributed by atoms with Crippen LogP contribution in [0.25, 0.3) is 5.53 Å². The van der Waals surface area contributed by atoms with Gasteiger partial charge in [-0.15, -0.1) is 0 Å². The Morgan fingerprint density at radius 2 is 2.12 bits per heavy atom. The van der Waals surface area contributed by atoms with Crippen molar-refractivity contribution in [3.63, 3.8) is 0 Å². The number of nitrogens with zero attached hydrogens (tertiary/aromatic N) is 2. The molecule has 0 aromatic heterocycles. The summed E-state index contributed by atoms with van der Waals surface area (Å²) >= 11 is 0. The summed E-state index contributed by atoms with van der Waals surface area (Å²) in [6, 6.07) is 5.52. The molecule has 0 radical (unpaired) electrons. The maximum Gasteiger partial charge on any atom is 0.422 e. The van der Waals surface area contributed by atoms with Gasteiger partial charge >= 0.3 is 11.7 Å². The molecule has 0 bridgehead atoms. The zero-order valence-corrected chi connectivity index (χ0v) is 9.65. The van der Waals surface area contributed by atoms with Crippen molar-refractivity contribution in [1.29, 1.82) is 0 Å². The predicted octanol–water partition coefficient (Wildman–Crippen LogP) is 1.89. The van der Waals surface area contributed by atoms with Crippen LogP contribution in [0.3, 0.4) is 0 Å². The maximum atomic E-state index is 11.5. The minimum atomic E-state index is -0.614. The van der Waals surface area contributed by atoms with Gasteiger partial charge in [-0.3, -0.25) is 0 Å². The molecule has 0 aliphatic heterocycles. The van der Waals surface area contributed by atoms with E-state index in [2.05, 4.69) is 4.79 Å². The highest BCUT2D eigenvalue weighted by Crippen LogP contribution is 2.11. The van der Waals surface area contributed by atoms with Crippen LogP contribution in [0.15, 0.2) is 18.2 Å². The molecule has 0 fully saturated rings. The fourth-order valence-electron chi connectivity index (χ4n) is 1.48. The van der Waals surface area contributed by atoms with Crippen LogP contribution >= 0.6 is 0 Å². The summed E-state index contributed by atoms with van der Waals surface area (Å²) in [5, 5.41) is 0. The van der Waals surface area contributed by atoms with Crippen molar-refractivity contribution >= 4 is 11.7 Å². The van der Waals surface area contributed by atoms with Gasteiger partial charge in [-0.05, 0) is 32.4 Å². The summed E-state index contributed by atoms with van der Waals surface area (Å²) in [6.45, 7) is 5.77. The summed E-state index contributed by atoms with van der Waals surface area (Å²) in [5.41, 5.74) is 11.4. The Morgan fingerprint density at radius 1 is 1.44 bits per heavy atom. The quantitative estimate of drug-likeness (QED) is 0.336. The molecule has 0 N–H and O–H groups in total. The predicted molar refractivity (Wildman–Crippen MR) is 60.3 cm³/mol. The third-order valence-corrected chi connectivity index (χ3v) is 2.21. The molecule has 0 amide bonds. The lowest BCUT2D eigenvalue weighted by molar-refractivity contribution is -0.139. The van der Waals surface area contributed by atoms with Crippen LogP contribution in [0.5, 0.6) is 0 Å². The molecule has 0 saturated carbocycles. The topological polar surface area (TPSA) is 62.7 Å². The average Bonchev–Trinajstić information content (AvgIpc) is 2.22. The second-order valence-electron chi connectivity index (χ2n) is 3.49. The fraction of sp³-hybridized carbons (Fsp3) is 0.333. The van der Waals surface area contributed by atoms with Crippen molar-refractivity contribution in [2.45, 2.75) is 20.8 Å². The van der Waals surface area contributed by atoms with Gasteiger partial charge in [0.05, 0.1) is 12.2 Å². The Labute approximate surface area is 94.5 Å². The number of benzene rings is 1. The van der Waals surface area contributed by atoms with Crippen LogP contribution in [0.4, 0.5) is 0 Å². The average molecular weight is 218 g/mol. The highest BCUT2D eigenvalue weighted by molar-refractivity contribution is 6.41. The van der Waals surface area contributed by atoms with Crippen LogP contribution in [0.2, 0.25) is 0 Å². The van der Waals surface area contributed by atoms with Gasteiger partial charge in [0.15, 0.2) is 0 Å². The minimum Gasteiger partial charge on any atom is -0.457 e. The molecule has 0 aliphatic carbocycles. The third-order valence-electron chi connectivity index (χ3n) is 2.21. The van der Waals surface area contributed by atoms with Gasteiger partial charge < -0.3 is 10.3 Å². The lowest BCUT2D eigenvalue weighted by Gasteiger charge is -2.02. The Kier molecular flexibility index (Phi) is 3.97. The molecule has 0 spiro atoms. The van der Waals surface area contributed by atoms with Gasteiger partial charge in [-0.2, -0.15) is 4.79 Å². The van der Waals surface area contributed by atoms with Gasteiger partial charge in [0.2, 0.25) is 0 Å². The summed E-state index contributed by atoms with van der Waals surface area (Å²) in [4.78, 5) is 14.5. The Bertz CT molecular complexity index is 460. The lowest BCUT2D eigenvalue weighted by atomic mass is 10.0. The summed E-state index contributed by atoms with van der Waals surface area (Å²) < 4.78 is 4.80. The fourth-order valence-corrected chi connectivity index (χ4v) is 1.48. The van der Waals surface area contributed by atoms with Crippen molar-refractivity contribution in [3.8, 4) is 0 Å². The molecule has 4 heteroatoms. The SMILES string of the molecule is CCOC(=O)C(=[N+]=[N-])c1ccc(C)cc1C. The van der Waals surface area contributed by atoms with Crippen molar-refractivity contribution in [2.24, 2.45) is 0 Å². The van der Waals surface area contributed by atoms with Gasteiger partial charge in [0.25, 0.3) is 0 Å². The number of aryl methyl sites for hydroxylation is 2. The van der Waals surface area contributed by atoms with Gasteiger partial charge in [-0.1, -0.05) is 17.7 Å². The number of carbonyl (C=O) groups is 1. The van der Waals surface area contributed by atoms with Gasteiger partial charge in [0, 0.05) is 0 Å². The first-order valence-electron chi connectivity index (χ1n) is 5.07. The summed E-state index contributed by atoms with van der Waals surface area (Å²) in [5.74, 6) is -0.614. The van der Waals surface area contributed by atoms with Crippen LogP contribution < -0.4 is 0 Å².